The maximum atomic E-state index is 11.4. The fraction of sp³-hybridized carbons (Fsp3) is 0.667. The van der Waals surface area contributed by atoms with E-state index < -0.39 is 43.5 Å². The summed E-state index contributed by atoms with van der Waals surface area (Å²) in [5.74, 6) is -4.40. The van der Waals surface area contributed by atoms with Crippen LogP contribution in [-0.4, -0.2) is 225 Å². The van der Waals surface area contributed by atoms with Crippen molar-refractivity contribution >= 4 is 142 Å². The summed E-state index contributed by atoms with van der Waals surface area (Å²) in [5.41, 5.74) is 0. The van der Waals surface area contributed by atoms with Gasteiger partial charge in [-0.25, -0.2) is 0 Å². The van der Waals surface area contributed by atoms with Crippen LogP contribution in [0.15, 0.2) is 0 Å². The quantitative estimate of drug-likeness (QED) is 0.162. The van der Waals surface area contributed by atoms with Crippen LogP contribution in [-0.2, 0) is 23.9 Å². The monoisotopic (exact) mass is 432 g/mol. The van der Waals surface area contributed by atoms with E-state index in [1.807, 2.05) is 0 Å². The van der Waals surface area contributed by atoms with Crippen molar-refractivity contribution in [2.45, 2.75) is 0 Å². The predicted molar refractivity (Wildman–Crippen MR) is 102 cm³/mol. The SMILES string of the molecule is O=C(O)CN(CCN(CC(=O)O)CC(=O)OCCO)CC(=O)O.[NaH].[NaH].[NaH].[NaH]. The second-order valence-corrected chi connectivity index (χ2v) is 4.55. The summed E-state index contributed by atoms with van der Waals surface area (Å²) in [6.07, 6.45) is 0. The van der Waals surface area contributed by atoms with Crippen LogP contribution in [0, 0.1) is 0 Å². The van der Waals surface area contributed by atoms with Gasteiger partial charge in [0.1, 0.15) is 6.61 Å². The Morgan fingerprint density at radius 3 is 1.30 bits per heavy atom. The first-order valence-corrected chi connectivity index (χ1v) is 6.61. The van der Waals surface area contributed by atoms with Gasteiger partial charge in [0.25, 0.3) is 0 Å². The number of nitrogens with zero attached hydrogens (tertiary/aromatic N) is 2. The average Bonchev–Trinajstić information content (AvgIpc) is 2.40. The molecule has 0 amide bonds. The molecule has 0 aliphatic rings. The molecule has 0 aromatic carbocycles. The number of carboxylic acids is 3. The molecule has 15 heteroatoms. The molecule has 0 fully saturated rings. The Labute approximate surface area is 245 Å². The van der Waals surface area contributed by atoms with E-state index in [9.17, 15) is 19.2 Å². The zero-order valence-corrected chi connectivity index (χ0v) is 12.4. The number of aliphatic hydroxyl groups excluding tert-OH is 1. The molecule has 0 spiro atoms. The molecule has 0 heterocycles. The van der Waals surface area contributed by atoms with Gasteiger partial charge in [-0.1, -0.05) is 0 Å². The first kappa shape index (κ1) is 39.3. The summed E-state index contributed by atoms with van der Waals surface area (Å²) in [5, 5.41) is 34.7. The van der Waals surface area contributed by atoms with Gasteiger partial charge in [0.15, 0.2) is 0 Å². The molecule has 0 atom stereocenters. The molecule has 0 aliphatic heterocycles. The summed E-state index contributed by atoms with van der Waals surface area (Å²) in [7, 11) is 0. The van der Waals surface area contributed by atoms with Crippen molar-refractivity contribution in [3.63, 3.8) is 0 Å². The van der Waals surface area contributed by atoms with Crippen molar-refractivity contribution in [2.24, 2.45) is 0 Å². The van der Waals surface area contributed by atoms with Gasteiger partial charge in [0, 0.05) is 13.1 Å². The van der Waals surface area contributed by atoms with E-state index in [0.29, 0.717) is 0 Å². The van der Waals surface area contributed by atoms with Crippen molar-refractivity contribution in [3.05, 3.63) is 0 Å². The summed E-state index contributed by atoms with van der Waals surface area (Å²) < 4.78 is 4.61. The molecule has 11 nitrogen and oxygen atoms in total. The molecule has 0 unspecified atom stereocenters. The van der Waals surface area contributed by atoms with Crippen LogP contribution in [0.5, 0.6) is 0 Å². The summed E-state index contributed by atoms with van der Waals surface area (Å²) in [6, 6.07) is 0. The van der Waals surface area contributed by atoms with Crippen LogP contribution in [0.3, 0.4) is 0 Å². The molecule has 140 valence electrons. The van der Waals surface area contributed by atoms with E-state index in [4.69, 9.17) is 20.4 Å². The van der Waals surface area contributed by atoms with Gasteiger partial charge in [0.2, 0.25) is 0 Å². The first-order chi connectivity index (χ1) is 10.7. The van der Waals surface area contributed by atoms with Crippen molar-refractivity contribution in [3.8, 4) is 0 Å². The first-order valence-electron chi connectivity index (χ1n) is 6.61. The fourth-order valence-electron chi connectivity index (χ4n) is 1.67. The minimum absolute atomic E-state index is 0. The topological polar surface area (TPSA) is 165 Å². The van der Waals surface area contributed by atoms with Gasteiger partial charge >= 0.3 is 142 Å². The van der Waals surface area contributed by atoms with Gasteiger partial charge in [-0.05, 0) is 0 Å². The molecule has 0 aromatic rings. The third-order valence-corrected chi connectivity index (χ3v) is 2.52. The Morgan fingerprint density at radius 2 is 1.00 bits per heavy atom. The Hall–Kier alpha value is 1.76. The number of esters is 1. The van der Waals surface area contributed by atoms with Crippen molar-refractivity contribution < 1.29 is 44.3 Å². The van der Waals surface area contributed by atoms with Gasteiger partial charge in [-0.15, -0.1) is 0 Å². The number of carboxylic acid groups (broad SMARTS) is 3. The Balaban J connectivity index is -0.000000403. The van der Waals surface area contributed by atoms with Crippen molar-refractivity contribution in [2.75, 3.05) is 52.5 Å². The zero-order valence-electron chi connectivity index (χ0n) is 12.4. The average molecular weight is 432 g/mol. The third-order valence-electron chi connectivity index (χ3n) is 2.52. The van der Waals surface area contributed by atoms with Crippen LogP contribution in [0.4, 0.5) is 0 Å². The Morgan fingerprint density at radius 1 is 0.667 bits per heavy atom. The summed E-state index contributed by atoms with van der Waals surface area (Å²) >= 11 is 0. The number of carbonyl (C=O) groups excluding carboxylic acids is 1. The summed E-state index contributed by atoms with van der Waals surface area (Å²) in [6.45, 7) is -2.60. The van der Waals surface area contributed by atoms with Gasteiger partial charge in [-0.2, -0.15) is 0 Å². The van der Waals surface area contributed by atoms with E-state index in [-0.39, 0.29) is 151 Å². The molecule has 27 heavy (non-hydrogen) atoms. The van der Waals surface area contributed by atoms with Gasteiger partial charge in [0.05, 0.1) is 32.8 Å². The number of aliphatic carboxylic acids is 3. The van der Waals surface area contributed by atoms with E-state index >= 15 is 0 Å². The summed E-state index contributed by atoms with van der Waals surface area (Å²) in [4.78, 5) is 45.8. The van der Waals surface area contributed by atoms with Crippen LogP contribution < -0.4 is 0 Å². The van der Waals surface area contributed by atoms with Gasteiger partial charge in [-0.3, -0.25) is 29.0 Å². The van der Waals surface area contributed by atoms with Crippen LogP contribution in [0.1, 0.15) is 0 Å². The standard InChI is InChI=1S/C12H20N2O9.4Na.4H/c15-3-4-23-12(22)8-14(7-11(20)21)2-1-13(5-9(16)17)6-10(18)19;;;;;;;;/h15H,1-8H2,(H,16,17)(H,18,19)(H,20,21);;;;;;;;. The van der Waals surface area contributed by atoms with Crippen molar-refractivity contribution in [1.82, 2.24) is 9.80 Å². The second-order valence-electron chi connectivity index (χ2n) is 4.55. The van der Waals surface area contributed by atoms with Crippen LogP contribution >= 0.6 is 0 Å². The maximum absolute atomic E-state index is 11.4. The molecule has 0 radical (unpaired) electrons. The van der Waals surface area contributed by atoms with E-state index in [0.717, 1.165) is 4.90 Å². The molecule has 4 N–H and O–H groups in total. The zero-order chi connectivity index (χ0) is 17.8. The number of aliphatic hydroxyl groups is 1. The molecular weight excluding hydrogens is 408 g/mol. The molecule has 0 saturated carbocycles. The Kier molecular flexibility index (Phi) is 34.9. The van der Waals surface area contributed by atoms with E-state index in [2.05, 4.69) is 4.74 Å². The van der Waals surface area contributed by atoms with Gasteiger partial charge < -0.3 is 25.2 Å². The van der Waals surface area contributed by atoms with Crippen LogP contribution in [0.25, 0.3) is 0 Å². The number of carbonyl (C=O) groups is 4. The molecule has 0 aromatic heterocycles. The van der Waals surface area contributed by atoms with E-state index in [1.165, 1.54) is 4.90 Å². The molecule has 0 saturated heterocycles. The second kappa shape index (κ2) is 24.0. The van der Waals surface area contributed by atoms with Crippen LogP contribution in [0.2, 0.25) is 0 Å². The minimum atomic E-state index is -1.22. The predicted octanol–water partition coefficient (Wildman–Crippen LogP) is -5.21. The normalized spacial score (nSPS) is 9.15. The molecular formula is C12H24N2Na4O9. The Bertz CT molecular complexity index is 427. The molecule has 0 aliphatic carbocycles. The number of ether oxygens (including phenoxy) is 1. The number of rotatable bonds is 13. The fourth-order valence-corrected chi connectivity index (χ4v) is 1.67. The number of hydrogen-bond acceptors (Lipinski definition) is 8. The molecule has 0 rings (SSSR count). The number of hydrogen-bond donors (Lipinski definition) is 4. The van der Waals surface area contributed by atoms with E-state index in [1.54, 1.807) is 0 Å². The third kappa shape index (κ3) is 25.7. The van der Waals surface area contributed by atoms with Crippen molar-refractivity contribution in [1.29, 1.82) is 0 Å². The molecule has 0 bridgehead atoms.